The predicted octanol–water partition coefficient (Wildman–Crippen LogP) is 12.1. The lowest BCUT2D eigenvalue weighted by Gasteiger charge is -2.31. The fourth-order valence-electron chi connectivity index (χ4n) is 8.46. The van der Waals surface area contributed by atoms with Crippen molar-refractivity contribution in [3.63, 3.8) is 0 Å². The number of unbranched alkanes of at least 4 members (excludes halogenated alkanes) is 10. The lowest BCUT2D eigenvalue weighted by Crippen LogP contribution is -2.20. The molecule has 4 rings (SSSR count). The number of aromatic carboxylic acids is 4. The molecule has 0 unspecified atom stereocenters. The molecule has 2 fully saturated rings. The van der Waals surface area contributed by atoms with Crippen LogP contribution in [0.2, 0.25) is 0 Å². The minimum Gasteiger partial charge on any atom is -0.478 e. The van der Waals surface area contributed by atoms with E-state index in [0.29, 0.717) is 12.3 Å². The van der Waals surface area contributed by atoms with Crippen LogP contribution in [-0.2, 0) is 12.8 Å². The van der Waals surface area contributed by atoms with Gasteiger partial charge in [0.25, 0.3) is 0 Å². The van der Waals surface area contributed by atoms with Gasteiger partial charge in [-0.15, -0.1) is 0 Å². The number of aryl methyl sites for hydroxylation is 1. The zero-order valence-electron chi connectivity index (χ0n) is 31.9. The van der Waals surface area contributed by atoms with Crippen molar-refractivity contribution in [1.29, 1.82) is 0 Å². The van der Waals surface area contributed by atoms with Crippen LogP contribution in [0.25, 0.3) is 0 Å². The average Bonchev–Trinajstić information content (AvgIpc) is 3.14. The van der Waals surface area contributed by atoms with Crippen LogP contribution >= 0.6 is 0 Å². The van der Waals surface area contributed by atoms with E-state index in [0.717, 1.165) is 99.3 Å². The minimum absolute atomic E-state index is 0.00420. The highest BCUT2D eigenvalue weighted by Crippen LogP contribution is 2.43. The SMILES string of the molecule is CCCCCCCCc1ccc(C(=O)O)c(C(=O)O)c1CCCCCCCC.O=C(O)c1ccc(C2CCCCC2)c(C2CCCCC2)c1C(=O)O. The lowest BCUT2D eigenvalue weighted by molar-refractivity contribution is 0.0649. The summed E-state index contributed by atoms with van der Waals surface area (Å²) in [6.45, 7) is 4.39. The number of hydrogen-bond donors (Lipinski definition) is 4. The second kappa shape index (κ2) is 23.1. The van der Waals surface area contributed by atoms with Gasteiger partial charge < -0.3 is 20.4 Å². The normalized spacial score (nSPS) is 15.1. The van der Waals surface area contributed by atoms with Crippen molar-refractivity contribution in [2.24, 2.45) is 0 Å². The largest absolute Gasteiger partial charge is 0.478 e. The summed E-state index contributed by atoms with van der Waals surface area (Å²) >= 11 is 0. The molecule has 288 valence electrons. The molecule has 2 aliphatic rings. The van der Waals surface area contributed by atoms with E-state index in [1.54, 1.807) is 0 Å². The molecule has 0 amide bonds. The van der Waals surface area contributed by atoms with E-state index in [9.17, 15) is 39.6 Å². The van der Waals surface area contributed by atoms with Gasteiger partial charge in [-0.1, -0.05) is 129 Å². The zero-order valence-corrected chi connectivity index (χ0v) is 31.9. The maximum atomic E-state index is 12.0. The van der Waals surface area contributed by atoms with Gasteiger partial charge in [0.2, 0.25) is 0 Å². The Morgan fingerprint density at radius 3 is 1.44 bits per heavy atom. The maximum absolute atomic E-state index is 12.0. The van der Waals surface area contributed by atoms with Crippen LogP contribution in [0.4, 0.5) is 0 Å². The van der Waals surface area contributed by atoms with Crippen LogP contribution in [0.5, 0.6) is 0 Å². The summed E-state index contributed by atoms with van der Waals surface area (Å²) < 4.78 is 0. The number of hydrogen-bond acceptors (Lipinski definition) is 4. The second-order valence-electron chi connectivity index (χ2n) is 15.0. The van der Waals surface area contributed by atoms with E-state index in [2.05, 4.69) is 13.8 Å². The van der Waals surface area contributed by atoms with E-state index in [-0.39, 0.29) is 28.2 Å². The Balaban J connectivity index is 0.000000283. The Labute approximate surface area is 311 Å². The smallest absolute Gasteiger partial charge is 0.336 e. The Morgan fingerprint density at radius 2 is 0.942 bits per heavy atom. The van der Waals surface area contributed by atoms with Crippen molar-refractivity contribution >= 4 is 23.9 Å². The molecule has 0 bridgehead atoms. The molecule has 0 heterocycles. The van der Waals surface area contributed by atoms with Crippen LogP contribution in [0.15, 0.2) is 24.3 Å². The molecule has 0 saturated heterocycles. The molecule has 0 aliphatic heterocycles. The third-order valence-electron chi connectivity index (χ3n) is 11.2. The third-order valence-corrected chi connectivity index (χ3v) is 11.2. The van der Waals surface area contributed by atoms with E-state index in [1.807, 2.05) is 12.1 Å². The third kappa shape index (κ3) is 12.8. The molecule has 2 saturated carbocycles. The Kier molecular flexibility index (Phi) is 19.0. The molecule has 0 spiro atoms. The fourth-order valence-corrected chi connectivity index (χ4v) is 8.46. The van der Waals surface area contributed by atoms with Gasteiger partial charge in [0.05, 0.1) is 22.3 Å². The maximum Gasteiger partial charge on any atom is 0.336 e. The monoisotopic (exact) mass is 720 g/mol. The molecule has 4 N–H and O–H groups in total. The second-order valence-corrected chi connectivity index (χ2v) is 15.0. The number of rotatable bonds is 20. The Bertz CT molecular complexity index is 1450. The van der Waals surface area contributed by atoms with E-state index < -0.39 is 23.9 Å². The fraction of sp³-hybridized carbons (Fsp3) is 0.636. The molecule has 0 aromatic heterocycles. The molecular formula is C44H64O8. The van der Waals surface area contributed by atoms with Crippen molar-refractivity contribution in [2.45, 2.75) is 180 Å². The van der Waals surface area contributed by atoms with Crippen molar-refractivity contribution in [3.8, 4) is 0 Å². The molecule has 52 heavy (non-hydrogen) atoms. The summed E-state index contributed by atoms with van der Waals surface area (Å²) in [6, 6.07) is 6.75. The Hall–Kier alpha value is -3.68. The highest BCUT2D eigenvalue weighted by atomic mass is 16.4. The first-order chi connectivity index (χ1) is 25.1. The van der Waals surface area contributed by atoms with Crippen molar-refractivity contribution < 1.29 is 39.6 Å². The van der Waals surface area contributed by atoms with Crippen molar-refractivity contribution in [1.82, 2.24) is 0 Å². The molecule has 2 aromatic carbocycles. The van der Waals surface area contributed by atoms with Gasteiger partial charge in [-0.2, -0.15) is 0 Å². The topological polar surface area (TPSA) is 149 Å². The summed E-state index contributed by atoms with van der Waals surface area (Å²) in [7, 11) is 0. The zero-order chi connectivity index (χ0) is 37.9. The minimum atomic E-state index is -1.16. The highest BCUT2D eigenvalue weighted by Gasteiger charge is 2.31. The molecular weight excluding hydrogens is 656 g/mol. The molecule has 0 radical (unpaired) electrons. The van der Waals surface area contributed by atoms with Gasteiger partial charge in [-0.25, -0.2) is 19.2 Å². The van der Waals surface area contributed by atoms with E-state index in [1.165, 1.54) is 82.8 Å². The van der Waals surface area contributed by atoms with Gasteiger partial charge in [0.1, 0.15) is 0 Å². The molecule has 0 atom stereocenters. The summed E-state index contributed by atoms with van der Waals surface area (Å²) in [4.78, 5) is 46.9. The van der Waals surface area contributed by atoms with Crippen LogP contribution in [0.3, 0.4) is 0 Å². The quantitative estimate of drug-likeness (QED) is 0.0987. The van der Waals surface area contributed by atoms with E-state index >= 15 is 0 Å². The first-order valence-electron chi connectivity index (χ1n) is 20.4. The number of carboxylic acid groups (broad SMARTS) is 4. The van der Waals surface area contributed by atoms with E-state index in [4.69, 9.17) is 0 Å². The number of carbonyl (C=O) groups is 4. The number of carboxylic acids is 4. The van der Waals surface area contributed by atoms with Crippen LogP contribution in [-0.4, -0.2) is 44.3 Å². The summed E-state index contributed by atoms with van der Waals surface area (Å²) in [5.74, 6) is -3.93. The first-order valence-corrected chi connectivity index (χ1v) is 20.4. The average molecular weight is 721 g/mol. The molecule has 8 heteroatoms. The Morgan fingerprint density at radius 1 is 0.500 bits per heavy atom. The predicted molar refractivity (Wildman–Crippen MR) is 207 cm³/mol. The van der Waals surface area contributed by atoms with Crippen LogP contribution in [0.1, 0.15) is 231 Å². The van der Waals surface area contributed by atoms with Gasteiger partial charge in [0, 0.05) is 0 Å². The van der Waals surface area contributed by atoms with Gasteiger partial charge >= 0.3 is 23.9 Å². The highest BCUT2D eigenvalue weighted by molar-refractivity contribution is 6.04. The molecule has 8 nitrogen and oxygen atoms in total. The summed E-state index contributed by atoms with van der Waals surface area (Å²) in [5, 5.41) is 38.4. The standard InChI is InChI=1S/C24H38O4.C20H26O4/c1-3-5-7-9-11-13-15-19-17-18-21(23(25)26)22(24(27)28)20(19)16-14-12-10-8-6-4-2;21-19(22)16-12-11-15(13-7-3-1-4-8-13)17(18(16)20(23)24)14-9-5-2-6-10-14/h17-18H,3-16H2,1-2H3,(H,25,26)(H,27,28);11-14H,1-10H2,(H,21,22)(H,23,24). The van der Waals surface area contributed by atoms with Crippen LogP contribution in [0, 0.1) is 0 Å². The molecule has 2 aromatic rings. The van der Waals surface area contributed by atoms with Crippen molar-refractivity contribution in [2.75, 3.05) is 0 Å². The van der Waals surface area contributed by atoms with Crippen LogP contribution < -0.4 is 0 Å². The lowest BCUT2D eigenvalue weighted by atomic mass is 9.73. The molecule has 2 aliphatic carbocycles. The van der Waals surface area contributed by atoms with Gasteiger partial charge in [0.15, 0.2) is 0 Å². The first kappa shape index (κ1) is 42.7. The summed E-state index contributed by atoms with van der Waals surface area (Å²) in [6.07, 6.45) is 26.5. The van der Waals surface area contributed by atoms with Crippen molar-refractivity contribution in [3.05, 3.63) is 68.8 Å². The number of benzene rings is 2. The van der Waals surface area contributed by atoms with Gasteiger partial charge in [-0.3, -0.25) is 0 Å². The summed E-state index contributed by atoms with van der Waals surface area (Å²) in [5.41, 5.74) is 3.64. The van der Waals surface area contributed by atoms with Gasteiger partial charge in [-0.05, 0) is 97.6 Å².